The average molecular weight is 328 g/mol. The highest BCUT2D eigenvalue weighted by atomic mass is 35.5. The van der Waals surface area contributed by atoms with Crippen LogP contribution in [0.15, 0.2) is 24.3 Å². The Bertz CT molecular complexity index is 519. The largest absolute Gasteiger partial charge is 0.378 e. The summed E-state index contributed by atoms with van der Waals surface area (Å²) in [7, 11) is 0. The van der Waals surface area contributed by atoms with Crippen molar-refractivity contribution in [2.24, 2.45) is 0 Å². The molecule has 6 nitrogen and oxygen atoms in total. The first kappa shape index (κ1) is 18.4. The van der Waals surface area contributed by atoms with Gasteiger partial charge in [-0.3, -0.25) is 9.59 Å². The maximum atomic E-state index is 12.1. The van der Waals surface area contributed by atoms with Crippen LogP contribution < -0.4 is 16.0 Å². The fourth-order valence-electron chi connectivity index (χ4n) is 2.22. The Labute approximate surface area is 136 Å². The van der Waals surface area contributed by atoms with Gasteiger partial charge in [0.05, 0.1) is 19.3 Å². The SMILES string of the molecule is CC(=O)Nc1cccc(C(C)NC(=O)C2COCCN2)c1.Cl. The third kappa shape index (κ3) is 5.29. The van der Waals surface area contributed by atoms with Crippen molar-refractivity contribution in [2.45, 2.75) is 25.9 Å². The normalized spacial score (nSPS) is 18.7. The van der Waals surface area contributed by atoms with E-state index in [0.29, 0.717) is 19.8 Å². The van der Waals surface area contributed by atoms with E-state index < -0.39 is 0 Å². The van der Waals surface area contributed by atoms with Crippen LogP contribution >= 0.6 is 12.4 Å². The standard InChI is InChI=1S/C15H21N3O3.ClH/c1-10(17-15(20)14-9-21-7-6-16-14)12-4-3-5-13(8-12)18-11(2)19;/h3-5,8,10,14,16H,6-7,9H2,1-2H3,(H,17,20)(H,18,19);1H. The molecular formula is C15H22ClN3O3. The molecule has 3 N–H and O–H groups in total. The van der Waals surface area contributed by atoms with Crippen LogP contribution in [0.2, 0.25) is 0 Å². The predicted molar refractivity (Wildman–Crippen MR) is 87.2 cm³/mol. The fraction of sp³-hybridized carbons (Fsp3) is 0.467. The van der Waals surface area contributed by atoms with Gasteiger partial charge in [-0.25, -0.2) is 0 Å². The minimum absolute atomic E-state index is 0. The topological polar surface area (TPSA) is 79.5 Å². The van der Waals surface area contributed by atoms with Crippen molar-refractivity contribution in [2.75, 3.05) is 25.1 Å². The average Bonchev–Trinajstić information content (AvgIpc) is 2.47. The number of rotatable bonds is 4. The summed E-state index contributed by atoms with van der Waals surface area (Å²) in [4.78, 5) is 23.2. The monoisotopic (exact) mass is 327 g/mol. The molecule has 0 spiro atoms. The maximum Gasteiger partial charge on any atom is 0.240 e. The molecule has 0 bridgehead atoms. The number of benzene rings is 1. The van der Waals surface area contributed by atoms with Gasteiger partial charge in [-0.05, 0) is 24.6 Å². The van der Waals surface area contributed by atoms with Gasteiger partial charge < -0.3 is 20.7 Å². The first-order chi connectivity index (χ1) is 10.1. The van der Waals surface area contributed by atoms with Gasteiger partial charge in [0.15, 0.2) is 0 Å². The molecule has 1 heterocycles. The van der Waals surface area contributed by atoms with E-state index in [-0.39, 0.29) is 36.3 Å². The third-order valence-electron chi connectivity index (χ3n) is 3.30. The highest BCUT2D eigenvalue weighted by Gasteiger charge is 2.22. The molecule has 0 radical (unpaired) electrons. The van der Waals surface area contributed by atoms with E-state index in [9.17, 15) is 9.59 Å². The molecule has 1 saturated heterocycles. The molecular weight excluding hydrogens is 306 g/mol. The lowest BCUT2D eigenvalue weighted by atomic mass is 10.1. The number of ether oxygens (including phenoxy) is 1. The highest BCUT2D eigenvalue weighted by molar-refractivity contribution is 5.88. The molecule has 1 aliphatic heterocycles. The van der Waals surface area contributed by atoms with Crippen molar-refractivity contribution in [3.8, 4) is 0 Å². The van der Waals surface area contributed by atoms with Crippen molar-refractivity contribution in [3.05, 3.63) is 29.8 Å². The van der Waals surface area contributed by atoms with Gasteiger partial charge in [0, 0.05) is 19.2 Å². The van der Waals surface area contributed by atoms with E-state index in [4.69, 9.17) is 4.74 Å². The summed E-state index contributed by atoms with van der Waals surface area (Å²) in [5, 5.41) is 8.80. The quantitative estimate of drug-likeness (QED) is 0.777. The van der Waals surface area contributed by atoms with Crippen LogP contribution in [-0.2, 0) is 14.3 Å². The van der Waals surface area contributed by atoms with Gasteiger partial charge in [0.25, 0.3) is 0 Å². The number of amides is 2. The molecule has 2 atom stereocenters. The van der Waals surface area contributed by atoms with Gasteiger partial charge in [0.1, 0.15) is 6.04 Å². The summed E-state index contributed by atoms with van der Waals surface area (Å²) in [5.41, 5.74) is 1.66. The van der Waals surface area contributed by atoms with Crippen LogP contribution in [-0.4, -0.2) is 37.6 Å². The Morgan fingerprint density at radius 3 is 2.82 bits per heavy atom. The number of halogens is 1. The van der Waals surface area contributed by atoms with Crippen LogP contribution in [0.4, 0.5) is 5.69 Å². The number of hydrogen-bond acceptors (Lipinski definition) is 4. The number of nitrogens with one attached hydrogen (secondary N) is 3. The van der Waals surface area contributed by atoms with E-state index in [1.54, 1.807) is 0 Å². The Morgan fingerprint density at radius 1 is 1.41 bits per heavy atom. The first-order valence-electron chi connectivity index (χ1n) is 7.05. The Morgan fingerprint density at radius 2 is 2.18 bits per heavy atom. The molecule has 1 aromatic rings. The summed E-state index contributed by atoms with van der Waals surface area (Å²) in [5.74, 6) is -0.195. The molecule has 1 fully saturated rings. The second kappa shape index (κ2) is 8.73. The van der Waals surface area contributed by atoms with Crippen molar-refractivity contribution in [1.29, 1.82) is 0 Å². The Kier molecular flexibility index (Phi) is 7.31. The van der Waals surface area contributed by atoms with Crippen LogP contribution in [0.25, 0.3) is 0 Å². The highest BCUT2D eigenvalue weighted by Crippen LogP contribution is 2.17. The lowest BCUT2D eigenvalue weighted by molar-refractivity contribution is -0.126. The summed E-state index contributed by atoms with van der Waals surface area (Å²) in [6.07, 6.45) is 0. The molecule has 0 aliphatic carbocycles. The van der Waals surface area contributed by atoms with E-state index in [0.717, 1.165) is 11.3 Å². The third-order valence-corrected chi connectivity index (χ3v) is 3.30. The van der Waals surface area contributed by atoms with E-state index >= 15 is 0 Å². The van der Waals surface area contributed by atoms with Crippen LogP contribution in [0.3, 0.4) is 0 Å². The Hall–Kier alpha value is -1.63. The maximum absolute atomic E-state index is 12.1. The van der Waals surface area contributed by atoms with Crippen molar-refractivity contribution < 1.29 is 14.3 Å². The number of carbonyl (C=O) groups is 2. The molecule has 1 aliphatic rings. The number of anilines is 1. The van der Waals surface area contributed by atoms with E-state index in [2.05, 4.69) is 16.0 Å². The zero-order chi connectivity index (χ0) is 15.2. The van der Waals surface area contributed by atoms with Crippen molar-refractivity contribution in [1.82, 2.24) is 10.6 Å². The van der Waals surface area contributed by atoms with Crippen LogP contribution in [0, 0.1) is 0 Å². The summed E-state index contributed by atoms with van der Waals surface area (Å²) in [6, 6.07) is 6.99. The first-order valence-corrected chi connectivity index (χ1v) is 7.05. The van der Waals surface area contributed by atoms with Gasteiger partial charge in [-0.1, -0.05) is 12.1 Å². The molecule has 2 rings (SSSR count). The number of hydrogen-bond donors (Lipinski definition) is 3. The summed E-state index contributed by atoms with van der Waals surface area (Å²) < 4.78 is 5.28. The predicted octanol–water partition coefficient (Wildman–Crippen LogP) is 1.23. The van der Waals surface area contributed by atoms with Gasteiger partial charge in [-0.2, -0.15) is 0 Å². The zero-order valence-electron chi connectivity index (χ0n) is 12.7. The van der Waals surface area contributed by atoms with Gasteiger partial charge in [-0.15, -0.1) is 12.4 Å². The molecule has 2 unspecified atom stereocenters. The molecule has 0 aromatic heterocycles. The lowest BCUT2D eigenvalue weighted by Crippen LogP contribution is -2.51. The molecule has 1 aromatic carbocycles. The second-order valence-electron chi connectivity index (χ2n) is 5.12. The zero-order valence-corrected chi connectivity index (χ0v) is 13.5. The van der Waals surface area contributed by atoms with Crippen molar-refractivity contribution >= 4 is 29.9 Å². The smallest absolute Gasteiger partial charge is 0.240 e. The van der Waals surface area contributed by atoms with E-state index in [1.165, 1.54) is 6.92 Å². The van der Waals surface area contributed by atoms with E-state index in [1.807, 2.05) is 31.2 Å². The Balaban J connectivity index is 0.00000242. The minimum Gasteiger partial charge on any atom is -0.378 e. The number of morpholine rings is 1. The van der Waals surface area contributed by atoms with Gasteiger partial charge >= 0.3 is 0 Å². The molecule has 122 valence electrons. The molecule has 2 amide bonds. The molecule has 0 saturated carbocycles. The summed E-state index contributed by atoms with van der Waals surface area (Å²) in [6.45, 7) is 5.09. The molecule has 7 heteroatoms. The van der Waals surface area contributed by atoms with Gasteiger partial charge in [0.2, 0.25) is 11.8 Å². The van der Waals surface area contributed by atoms with Crippen LogP contribution in [0.5, 0.6) is 0 Å². The number of carbonyl (C=O) groups excluding carboxylic acids is 2. The molecule has 22 heavy (non-hydrogen) atoms. The minimum atomic E-state index is -0.306. The second-order valence-corrected chi connectivity index (χ2v) is 5.12. The van der Waals surface area contributed by atoms with Crippen molar-refractivity contribution in [3.63, 3.8) is 0 Å². The lowest BCUT2D eigenvalue weighted by Gasteiger charge is -2.25. The van der Waals surface area contributed by atoms with Crippen LogP contribution in [0.1, 0.15) is 25.5 Å². The fourth-order valence-corrected chi connectivity index (χ4v) is 2.22. The summed E-state index contributed by atoms with van der Waals surface area (Å²) >= 11 is 0.